The number of nitrogens with zero attached hydrogens (tertiary/aromatic N) is 2. The summed E-state index contributed by atoms with van der Waals surface area (Å²) in [5.74, 6) is -0.503. The van der Waals surface area contributed by atoms with Crippen molar-refractivity contribution in [3.8, 4) is 0 Å². The number of piperidine rings is 1. The molecule has 0 bridgehead atoms. The Bertz CT molecular complexity index is 645. The summed E-state index contributed by atoms with van der Waals surface area (Å²) >= 11 is 0. The zero-order chi connectivity index (χ0) is 19.3. The van der Waals surface area contributed by atoms with E-state index in [1.807, 2.05) is 6.07 Å². The van der Waals surface area contributed by atoms with E-state index in [4.69, 9.17) is 4.74 Å². The Morgan fingerprint density at radius 3 is 2.77 bits per heavy atom. The van der Waals surface area contributed by atoms with Crippen molar-refractivity contribution in [3.05, 3.63) is 30.1 Å². The van der Waals surface area contributed by atoms with Crippen LogP contribution in [0.4, 0.5) is 14.9 Å². The third kappa shape index (κ3) is 6.20. The SMILES string of the molecule is CN(CC(=O)N[C@@H]1CCCN(c2cccc(F)c2)C1)C(=O)OC(C)(C)C. The minimum absolute atomic E-state index is 0.0356. The second kappa shape index (κ2) is 8.38. The molecule has 1 heterocycles. The highest BCUT2D eigenvalue weighted by Gasteiger charge is 2.24. The van der Waals surface area contributed by atoms with Crippen molar-refractivity contribution in [2.24, 2.45) is 0 Å². The van der Waals surface area contributed by atoms with E-state index < -0.39 is 11.7 Å². The molecule has 1 aromatic carbocycles. The van der Waals surface area contributed by atoms with E-state index in [0.717, 1.165) is 25.1 Å². The fourth-order valence-electron chi connectivity index (χ4n) is 2.90. The molecule has 0 aliphatic carbocycles. The van der Waals surface area contributed by atoms with E-state index in [9.17, 15) is 14.0 Å². The molecule has 1 N–H and O–H groups in total. The van der Waals surface area contributed by atoms with Gasteiger partial charge in [-0.05, 0) is 51.8 Å². The van der Waals surface area contributed by atoms with E-state index in [0.29, 0.717) is 6.54 Å². The van der Waals surface area contributed by atoms with Gasteiger partial charge in [-0.25, -0.2) is 9.18 Å². The maximum absolute atomic E-state index is 13.4. The number of benzene rings is 1. The van der Waals surface area contributed by atoms with E-state index in [1.54, 1.807) is 26.8 Å². The van der Waals surface area contributed by atoms with Gasteiger partial charge < -0.3 is 19.9 Å². The van der Waals surface area contributed by atoms with Crippen LogP contribution in [0.1, 0.15) is 33.6 Å². The van der Waals surface area contributed by atoms with Gasteiger partial charge in [0.05, 0.1) is 0 Å². The Morgan fingerprint density at radius 2 is 2.12 bits per heavy atom. The number of likely N-dealkylation sites (N-methyl/N-ethyl adjacent to an activating group) is 1. The minimum Gasteiger partial charge on any atom is -0.444 e. The van der Waals surface area contributed by atoms with Crippen molar-refractivity contribution in [3.63, 3.8) is 0 Å². The molecule has 1 aromatic rings. The number of ether oxygens (including phenoxy) is 1. The monoisotopic (exact) mass is 365 g/mol. The molecule has 0 aromatic heterocycles. The quantitative estimate of drug-likeness (QED) is 0.891. The number of carbonyl (C=O) groups excluding carboxylic acids is 2. The normalized spacial score (nSPS) is 17.6. The first-order chi connectivity index (χ1) is 12.1. The fraction of sp³-hybridized carbons (Fsp3) is 0.579. The van der Waals surface area contributed by atoms with Crippen molar-refractivity contribution in [1.82, 2.24) is 10.2 Å². The molecule has 144 valence electrons. The van der Waals surface area contributed by atoms with Gasteiger partial charge >= 0.3 is 6.09 Å². The summed E-state index contributed by atoms with van der Waals surface area (Å²) < 4.78 is 18.7. The highest BCUT2D eigenvalue weighted by atomic mass is 19.1. The Hall–Kier alpha value is -2.31. The maximum atomic E-state index is 13.4. The molecule has 2 rings (SSSR count). The first-order valence-electron chi connectivity index (χ1n) is 8.88. The maximum Gasteiger partial charge on any atom is 0.410 e. The first kappa shape index (κ1) is 20.0. The van der Waals surface area contributed by atoms with Crippen LogP contribution in [0, 0.1) is 5.82 Å². The summed E-state index contributed by atoms with van der Waals surface area (Å²) in [7, 11) is 1.54. The molecule has 7 heteroatoms. The minimum atomic E-state index is -0.601. The Morgan fingerprint density at radius 1 is 1.38 bits per heavy atom. The van der Waals surface area contributed by atoms with Crippen LogP contribution in [0.3, 0.4) is 0 Å². The second-order valence-corrected chi connectivity index (χ2v) is 7.67. The average molecular weight is 365 g/mol. The van der Waals surface area contributed by atoms with Gasteiger partial charge in [0, 0.05) is 31.9 Å². The van der Waals surface area contributed by atoms with Crippen LogP contribution in [0.25, 0.3) is 0 Å². The summed E-state index contributed by atoms with van der Waals surface area (Å²) in [6.07, 6.45) is 1.23. The molecule has 6 nitrogen and oxygen atoms in total. The Balaban J connectivity index is 1.85. The van der Waals surface area contributed by atoms with Crippen molar-refractivity contribution in [1.29, 1.82) is 0 Å². The molecular formula is C19H28FN3O3. The number of anilines is 1. The lowest BCUT2D eigenvalue weighted by atomic mass is 10.0. The summed E-state index contributed by atoms with van der Waals surface area (Å²) in [6, 6.07) is 6.43. The van der Waals surface area contributed by atoms with Gasteiger partial charge in [0.25, 0.3) is 0 Å². The zero-order valence-corrected chi connectivity index (χ0v) is 15.9. The highest BCUT2D eigenvalue weighted by Crippen LogP contribution is 2.20. The molecule has 1 atom stereocenters. The van der Waals surface area contributed by atoms with Crippen molar-refractivity contribution in [2.45, 2.75) is 45.3 Å². The van der Waals surface area contributed by atoms with Crippen LogP contribution in [0.15, 0.2) is 24.3 Å². The van der Waals surface area contributed by atoms with Gasteiger partial charge in [0.1, 0.15) is 18.0 Å². The largest absolute Gasteiger partial charge is 0.444 e. The fourth-order valence-corrected chi connectivity index (χ4v) is 2.90. The molecule has 1 fully saturated rings. The summed E-state index contributed by atoms with van der Waals surface area (Å²) in [4.78, 5) is 27.5. The Kier molecular flexibility index (Phi) is 6.45. The zero-order valence-electron chi connectivity index (χ0n) is 15.9. The van der Waals surface area contributed by atoms with Gasteiger partial charge in [-0.1, -0.05) is 6.07 Å². The average Bonchev–Trinajstić information content (AvgIpc) is 2.53. The third-order valence-electron chi connectivity index (χ3n) is 4.05. The number of hydrogen-bond donors (Lipinski definition) is 1. The molecule has 0 unspecified atom stereocenters. The lowest BCUT2D eigenvalue weighted by molar-refractivity contribution is -0.122. The summed E-state index contributed by atoms with van der Waals surface area (Å²) in [5, 5.41) is 2.96. The molecular weight excluding hydrogens is 337 g/mol. The van der Waals surface area contributed by atoms with E-state index >= 15 is 0 Å². The molecule has 1 saturated heterocycles. The third-order valence-corrected chi connectivity index (χ3v) is 4.05. The van der Waals surface area contributed by atoms with Gasteiger partial charge in [0.15, 0.2) is 0 Å². The second-order valence-electron chi connectivity index (χ2n) is 7.67. The number of halogens is 1. The number of rotatable bonds is 4. The van der Waals surface area contributed by atoms with Crippen LogP contribution in [0.2, 0.25) is 0 Å². The number of hydrogen-bond acceptors (Lipinski definition) is 4. The smallest absolute Gasteiger partial charge is 0.410 e. The molecule has 2 amide bonds. The number of amides is 2. The van der Waals surface area contributed by atoms with Gasteiger partial charge in [-0.15, -0.1) is 0 Å². The van der Waals surface area contributed by atoms with Crippen LogP contribution < -0.4 is 10.2 Å². The first-order valence-corrected chi connectivity index (χ1v) is 8.88. The van der Waals surface area contributed by atoms with Crippen LogP contribution in [-0.2, 0) is 9.53 Å². The van der Waals surface area contributed by atoms with Gasteiger partial charge in [-0.3, -0.25) is 4.79 Å². The van der Waals surface area contributed by atoms with E-state index in [1.165, 1.54) is 24.1 Å². The molecule has 1 aliphatic heterocycles. The van der Waals surface area contributed by atoms with E-state index in [-0.39, 0.29) is 24.3 Å². The summed E-state index contributed by atoms with van der Waals surface area (Å²) in [6.45, 7) is 6.72. The van der Waals surface area contributed by atoms with Crippen molar-refractivity contribution >= 4 is 17.7 Å². The molecule has 0 radical (unpaired) electrons. The Labute approximate surface area is 154 Å². The van der Waals surface area contributed by atoms with Crippen LogP contribution in [0.5, 0.6) is 0 Å². The number of nitrogens with one attached hydrogen (secondary N) is 1. The lowest BCUT2D eigenvalue weighted by Crippen LogP contribution is -2.50. The predicted octanol–water partition coefficient (Wildman–Crippen LogP) is 2.78. The molecule has 26 heavy (non-hydrogen) atoms. The molecule has 0 saturated carbocycles. The van der Waals surface area contributed by atoms with E-state index in [2.05, 4.69) is 10.2 Å². The molecule has 0 spiro atoms. The van der Waals surface area contributed by atoms with Crippen molar-refractivity contribution < 1.29 is 18.7 Å². The lowest BCUT2D eigenvalue weighted by Gasteiger charge is -2.35. The predicted molar refractivity (Wildman–Crippen MR) is 98.6 cm³/mol. The standard InChI is InChI=1S/C19H28FN3O3/c1-19(2,3)26-18(25)22(4)13-17(24)21-15-8-6-10-23(12-15)16-9-5-7-14(20)11-16/h5,7,9,11,15H,6,8,10,12-13H2,1-4H3,(H,21,24)/t15-/m1/s1. The van der Waals surface area contributed by atoms with Gasteiger partial charge in [0.2, 0.25) is 5.91 Å². The highest BCUT2D eigenvalue weighted by molar-refractivity contribution is 5.82. The molecule has 1 aliphatic rings. The van der Waals surface area contributed by atoms with Crippen molar-refractivity contribution in [2.75, 3.05) is 31.6 Å². The topological polar surface area (TPSA) is 61.9 Å². The van der Waals surface area contributed by atoms with Gasteiger partial charge in [-0.2, -0.15) is 0 Å². The number of carbonyl (C=O) groups is 2. The van der Waals surface area contributed by atoms with Crippen LogP contribution in [-0.4, -0.2) is 55.2 Å². The van der Waals surface area contributed by atoms with Crippen LogP contribution >= 0.6 is 0 Å². The summed E-state index contributed by atoms with van der Waals surface area (Å²) in [5.41, 5.74) is 0.214.